The second kappa shape index (κ2) is 5.40. The van der Waals surface area contributed by atoms with E-state index in [9.17, 15) is 0 Å². The Hall–Kier alpha value is -1.88. The number of aryl methyl sites for hydroxylation is 3. The zero-order valence-corrected chi connectivity index (χ0v) is 11.7. The van der Waals surface area contributed by atoms with Crippen LogP contribution in [-0.2, 0) is 6.61 Å². The van der Waals surface area contributed by atoms with E-state index in [1.807, 2.05) is 13.0 Å². The maximum absolute atomic E-state index is 5.73. The molecule has 5 nitrogen and oxygen atoms in total. The lowest BCUT2D eigenvalue weighted by atomic mass is 10.1. The van der Waals surface area contributed by atoms with Crippen LogP contribution in [0.15, 0.2) is 16.7 Å². The third-order valence-electron chi connectivity index (χ3n) is 3.02. The van der Waals surface area contributed by atoms with Gasteiger partial charge in [-0.3, -0.25) is 0 Å². The summed E-state index contributed by atoms with van der Waals surface area (Å²) in [6, 6.07) is 3.87. The van der Waals surface area contributed by atoms with Crippen molar-refractivity contribution in [3.8, 4) is 5.75 Å². The van der Waals surface area contributed by atoms with Crippen molar-refractivity contribution in [3.63, 3.8) is 0 Å². The fourth-order valence-electron chi connectivity index (χ4n) is 1.74. The monoisotopic (exact) mass is 261 g/mol. The molecular formula is C14H19N3O2. The molecule has 2 rings (SSSR count). The number of benzene rings is 1. The zero-order valence-electron chi connectivity index (χ0n) is 11.7. The summed E-state index contributed by atoms with van der Waals surface area (Å²) in [6.45, 7) is 8.24. The van der Waals surface area contributed by atoms with Gasteiger partial charge in [-0.2, -0.15) is 4.98 Å². The number of ether oxygens (including phenoxy) is 1. The van der Waals surface area contributed by atoms with Crippen molar-refractivity contribution in [2.45, 2.75) is 40.3 Å². The van der Waals surface area contributed by atoms with E-state index in [4.69, 9.17) is 15.0 Å². The third-order valence-corrected chi connectivity index (χ3v) is 3.02. The van der Waals surface area contributed by atoms with E-state index in [0.29, 0.717) is 11.7 Å². The van der Waals surface area contributed by atoms with E-state index >= 15 is 0 Å². The Morgan fingerprint density at radius 1 is 1.21 bits per heavy atom. The Labute approximate surface area is 112 Å². The fourth-order valence-corrected chi connectivity index (χ4v) is 1.74. The fraction of sp³-hybridized carbons (Fsp3) is 0.429. The summed E-state index contributed by atoms with van der Waals surface area (Å²) in [5, 5.41) is 3.83. The molecule has 0 saturated carbocycles. The van der Waals surface area contributed by atoms with E-state index in [2.05, 4.69) is 30.1 Å². The number of nitrogens with two attached hydrogens (primary N) is 1. The largest absolute Gasteiger partial charge is 0.485 e. The van der Waals surface area contributed by atoms with Crippen molar-refractivity contribution < 1.29 is 9.26 Å². The summed E-state index contributed by atoms with van der Waals surface area (Å²) >= 11 is 0. The number of rotatable bonds is 4. The van der Waals surface area contributed by atoms with Crippen molar-refractivity contribution in [1.82, 2.24) is 10.1 Å². The van der Waals surface area contributed by atoms with Crippen LogP contribution in [-0.4, -0.2) is 10.1 Å². The Balaban J connectivity index is 2.07. The van der Waals surface area contributed by atoms with Crippen LogP contribution in [0.5, 0.6) is 5.75 Å². The maximum atomic E-state index is 5.73. The minimum absolute atomic E-state index is 0.260. The van der Waals surface area contributed by atoms with Gasteiger partial charge in [0, 0.05) is 0 Å². The van der Waals surface area contributed by atoms with E-state index in [-0.39, 0.29) is 12.6 Å². The van der Waals surface area contributed by atoms with Crippen molar-refractivity contribution in [3.05, 3.63) is 40.5 Å². The summed E-state index contributed by atoms with van der Waals surface area (Å²) in [6.07, 6.45) is 0. The van der Waals surface area contributed by atoms with Crippen molar-refractivity contribution in [1.29, 1.82) is 0 Å². The molecule has 0 fully saturated rings. The molecule has 0 bridgehead atoms. The van der Waals surface area contributed by atoms with Gasteiger partial charge in [0.05, 0.1) is 6.04 Å². The topological polar surface area (TPSA) is 74.2 Å². The highest BCUT2D eigenvalue weighted by atomic mass is 16.5. The van der Waals surface area contributed by atoms with Gasteiger partial charge in [-0.1, -0.05) is 11.2 Å². The second-order valence-corrected chi connectivity index (χ2v) is 4.83. The minimum atomic E-state index is -0.260. The summed E-state index contributed by atoms with van der Waals surface area (Å²) in [4.78, 5) is 4.17. The Morgan fingerprint density at radius 3 is 2.53 bits per heavy atom. The molecule has 0 saturated heterocycles. The van der Waals surface area contributed by atoms with Crippen LogP contribution in [0.2, 0.25) is 0 Å². The Morgan fingerprint density at radius 2 is 1.89 bits per heavy atom. The lowest BCUT2D eigenvalue weighted by Crippen LogP contribution is -2.06. The third kappa shape index (κ3) is 3.12. The number of hydrogen-bond donors (Lipinski definition) is 1. The molecule has 0 aliphatic carbocycles. The number of nitrogens with zero attached hydrogens (tertiary/aromatic N) is 2. The highest BCUT2D eigenvalue weighted by Gasteiger charge is 2.11. The molecule has 5 heteroatoms. The second-order valence-electron chi connectivity index (χ2n) is 4.83. The van der Waals surface area contributed by atoms with Crippen LogP contribution in [0.3, 0.4) is 0 Å². The normalized spacial score (nSPS) is 12.5. The molecule has 0 amide bonds. The maximum Gasteiger partial charge on any atom is 0.243 e. The average molecular weight is 261 g/mol. The van der Waals surface area contributed by atoms with E-state index in [1.165, 1.54) is 11.1 Å². The first kappa shape index (κ1) is 13.5. The van der Waals surface area contributed by atoms with Gasteiger partial charge in [-0.05, 0) is 50.5 Å². The van der Waals surface area contributed by atoms with Gasteiger partial charge in [-0.25, -0.2) is 0 Å². The van der Waals surface area contributed by atoms with Crippen molar-refractivity contribution in [2.75, 3.05) is 0 Å². The smallest absolute Gasteiger partial charge is 0.243 e. The molecule has 1 aromatic heterocycles. The van der Waals surface area contributed by atoms with Gasteiger partial charge in [0.2, 0.25) is 11.7 Å². The standard InChI is InChI=1S/C14H19N3O2/c1-8-5-10(3)12(6-9(8)2)18-7-13-16-14(11(4)15)19-17-13/h5-6,11H,7,15H2,1-4H3. The lowest BCUT2D eigenvalue weighted by Gasteiger charge is -2.10. The SMILES string of the molecule is Cc1cc(C)c(OCc2noc(C(C)N)n2)cc1C. The van der Waals surface area contributed by atoms with Crippen molar-refractivity contribution >= 4 is 0 Å². The summed E-state index contributed by atoms with van der Waals surface area (Å²) in [5.74, 6) is 1.77. The van der Waals surface area contributed by atoms with Gasteiger partial charge in [0.25, 0.3) is 0 Å². The number of aromatic nitrogens is 2. The quantitative estimate of drug-likeness (QED) is 0.915. The predicted octanol–water partition coefficient (Wildman–Crippen LogP) is 2.59. The van der Waals surface area contributed by atoms with Gasteiger partial charge in [-0.15, -0.1) is 0 Å². The molecule has 1 atom stereocenters. The van der Waals surface area contributed by atoms with E-state index in [1.54, 1.807) is 6.92 Å². The van der Waals surface area contributed by atoms with Gasteiger partial charge >= 0.3 is 0 Å². The Kier molecular flexibility index (Phi) is 3.85. The molecule has 2 aromatic rings. The first-order valence-corrected chi connectivity index (χ1v) is 6.26. The summed E-state index contributed by atoms with van der Waals surface area (Å²) in [5.41, 5.74) is 9.21. The van der Waals surface area contributed by atoms with Gasteiger partial charge in [0.15, 0.2) is 6.61 Å². The summed E-state index contributed by atoms with van der Waals surface area (Å²) in [7, 11) is 0. The van der Waals surface area contributed by atoms with Crippen LogP contribution < -0.4 is 10.5 Å². The van der Waals surface area contributed by atoms with Crippen LogP contribution >= 0.6 is 0 Å². The number of hydrogen-bond acceptors (Lipinski definition) is 5. The minimum Gasteiger partial charge on any atom is -0.485 e. The molecule has 1 unspecified atom stereocenters. The van der Waals surface area contributed by atoms with Crippen LogP contribution in [0.1, 0.15) is 41.4 Å². The van der Waals surface area contributed by atoms with Gasteiger partial charge in [0.1, 0.15) is 5.75 Å². The Bertz CT molecular complexity index is 576. The van der Waals surface area contributed by atoms with Crippen LogP contribution in [0.4, 0.5) is 0 Å². The van der Waals surface area contributed by atoms with Crippen LogP contribution in [0, 0.1) is 20.8 Å². The highest BCUT2D eigenvalue weighted by Crippen LogP contribution is 2.23. The molecule has 1 aromatic carbocycles. The molecule has 19 heavy (non-hydrogen) atoms. The molecule has 0 aliphatic heterocycles. The van der Waals surface area contributed by atoms with E-state index in [0.717, 1.165) is 11.3 Å². The summed E-state index contributed by atoms with van der Waals surface area (Å²) < 4.78 is 10.7. The predicted molar refractivity (Wildman–Crippen MR) is 71.9 cm³/mol. The molecule has 0 aliphatic rings. The highest BCUT2D eigenvalue weighted by molar-refractivity contribution is 5.40. The van der Waals surface area contributed by atoms with Crippen molar-refractivity contribution in [2.24, 2.45) is 5.73 Å². The molecule has 102 valence electrons. The first-order valence-electron chi connectivity index (χ1n) is 6.26. The molecule has 0 radical (unpaired) electrons. The average Bonchev–Trinajstić information content (AvgIpc) is 2.81. The first-order chi connectivity index (χ1) is 8.97. The zero-order chi connectivity index (χ0) is 14.0. The van der Waals surface area contributed by atoms with Crippen LogP contribution in [0.25, 0.3) is 0 Å². The lowest BCUT2D eigenvalue weighted by molar-refractivity contribution is 0.282. The molecule has 0 spiro atoms. The van der Waals surface area contributed by atoms with Gasteiger partial charge < -0.3 is 15.0 Å². The molecule has 2 N–H and O–H groups in total. The van der Waals surface area contributed by atoms with E-state index < -0.39 is 0 Å². The molecular weight excluding hydrogens is 242 g/mol. The molecule has 1 heterocycles.